The summed E-state index contributed by atoms with van der Waals surface area (Å²) in [5, 5.41) is 4.98. The molecule has 3 rings (SSSR count). The lowest BCUT2D eigenvalue weighted by molar-refractivity contribution is 0.475. The molecule has 0 saturated heterocycles. The highest BCUT2D eigenvalue weighted by molar-refractivity contribution is 5.78. The number of phenolic OH excluding ortho intramolecular Hbond substituents is 1. The van der Waals surface area contributed by atoms with E-state index in [-0.39, 0.29) is 5.43 Å². The summed E-state index contributed by atoms with van der Waals surface area (Å²) in [6.07, 6.45) is 0. The van der Waals surface area contributed by atoms with Crippen LogP contribution in [0.4, 0.5) is 0 Å². The normalized spacial score (nSPS) is 11.2. The van der Waals surface area contributed by atoms with E-state index in [1.807, 2.05) is 6.07 Å². The van der Waals surface area contributed by atoms with Crippen LogP contribution in [0.25, 0.3) is 22.3 Å². The maximum atomic E-state index is 12.0. The molecule has 1 heterocycles. The average molecular weight is 239 g/mol. The first-order valence-electron chi connectivity index (χ1n) is 5.95. The average Bonchev–Trinajstić information content (AvgIpc) is 2.47. The zero-order chi connectivity index (χ0) is 13.2. The Morgan fingerprint density at radius 1 is 1.06 bits per heavy atom. The molecule has 1 aromatic heterocycles. The van der Waals surface area contributed by atoms with Crippen molar-refractivity contribution < 1.29 is 9.53 Å². The topological polar surface area (TPSA) is 50.4 Å². The van der Waals surface area contributed by atoms with Crippen LogP contribution in [0.15, 0.2) is 63.8 Å². The van der Waals surface area contributed by atoms with Crippen LogP contribution in [-0.4, -0.2) is 6.54 Å². The number of phenols is 1. The van der Waals surface area contributed by atoms with Gasteiger partial charge in [0.25, 0.3) is 1.43 Å². The number of benzene rings is 2. The van der Waals surface area contributed by atoms with Crippen LogP contribution in [0.3, 0.4) is 0 Å². The molecular weight excluding hydrogens is 228 g/mol. The van der Waals surface area contributed by atoms with Crippen LogP contribution in [0.2, 0.25) is 0 Å². The van der Waals surface area contributed by atoms with Crippen molar-refractivity contribution in [2.24, 2.45) is 0 Å². The predicted octanol–water partition coefficient (Wildman–Crippen LogP) is 3.17. The predicted molar refractivity (Wildman–Crippen MR) is 69.6 cm³/mol. The largest absolute Gasteiger partial charge is 0.508 e. The van der Waals surface area contributed by atoms with Crippen LogP contribution in [0.5, 0.6) is 5.75 Å². The molecule has 88 valence electrons. The minimum atomic E-state index is -0.0888. The van der Waals surface area contributed by atoms with Crippen LogP contribution in [-0.2, 0) is 0 Å². The van der Waals surface area contributed by atoms with Gasteiger partial charge >= 0.3 is 0 Å². The molecule has 0 amide bonds. The second-order valence-corrected chi connectivity index (χ2v) is 4.00. The molecule has 3 nitrogen and oxygen atoms in total. The van der Waals surface area contributed by atoms with Crippen molar-refractivity contribution in [1.29, 1.82) is 1.43 Å². The fraction of sp³-hybridized carbons (Fsp3) is 0. The lowest BCUT2D eigenvalue weighted by atomic mass is 10.1. The van der Waals surface area contributed by atoms with Gasteiger partial charge in [0.2, 0.25) is 0 Å². The van der Waals surface area contributed by atoms with E-state index in [1.54, 1.807) is 42.5 Å². The first-order valence-corrected chi connectivity index (χ1v) is 5.54. The van der Waals surface area contributed by atoms with E-state index in [4.69, 9.17) is 5.85 Å². The molecule has 2 aromatic carbocycles. The number of aromatic hydroxyl groups is 1. The molecular formula is C15H10O3. The Bertz CT molecular complexity index is 792. The number of hydrogen-bond acceptors (Lipinski definition) is 3. The Labute approximate surface area is 104 Å². The number of para-hydroxylation sites is 1. The molecule has 18 heavy (non-hydrogen) atoms. The lowest BCUT2D eigenvalue weighted by Gasteiger charge is -2.03. The van der Waals surface area contributed by atoms with E-state index in [9.17, 15) is 4.79 Å². The van der Waals surface area contributed by atoms with Gasteiger partial charge in [-0.2, -0.15) is 0 Å². The van der Waals surface area contributed by atoms with E-state index in [1.165, 1.54) is 6.07 Å². The minimum Gasteiger partial charge on any atom is -0.508 e. The van der Waals surface area contributed by atoms with Crippen molar-refractivity contribution in [3.8, 4) is 17.1 Å². The van der Waals surface area contributed by atoms with Gasteiger partial charge in [0, 0.05) is 11.6 Å². The van der Waals surface area contributed by atoms with Gasteiger partial charge in [-0.25, -0.2) is 0 Å². The van der Waals surface area contributed by atoms with Gasteiger partial charge in [-0.1, -0.05) is 24.3 Å². The molecule has 1 N–H and O–H groups in total. The quantitative estimate of drug-likeness (QED) is 0.747. The van der Waals surface area contributed by atoms with Crippen LogP contribution in [0, 0.1) is 0 Å². The lowest BCUT2D eigenvalue weighted by Crippen LogP contribution is -1.99. The van der Waals surface area contributed by atoms with Crippen molar-refractivity contribution in [1.82, 2.24) is 0 Å². The molecule has 0 unspecified atom stereocenters. The molecule has 0 aliphatic carbocycles. The van der Waals surface area contributed by atoms with E-state index in [0.717, 1.165) is 0 Å². The Balaban J connectivity index is 2.22. The third kappa shape index (κ3) is 1.76. The van der Waals surface area contributed by atoms with Gasteiger partial charge < -0.3 is 9.53 Å². The van der Waals surface area contributed by atoms with Crippen molar-refractivity contribution in [3.63, 3.8) is 0 Å². The molecule has 0 aliphatic rings. The fourth-order valence-corrected chi connectivity index (χ4v) is 1.90. The third-order valence-corrected chi connectivity index (χ3v) is 2.75. The molecule has 3 aromatic rings. The Kier molecular flexibility index (Phi) is 2.12. The third-order valence-electron chi connectivity index (χ3n) is 2.75. The molecule has 0 bridgehead atoms. The van der Waals surface area contributed by atoms with E-state index < -0.39 is 0 Å². The summed E-state index contributed by atoms with van der Waals surface area (Å²) in [7, 11) is 0. The van der Waals surface area contributed by atoms with Crippen LogP contribution < -0.4 is 5.43 Å². The summed E-state index contributed by atoms with van der Waals surface area (Å²) in [5.74, 6) is 0.857. The molecule has 3 heteroatoms. The number of rotatable bonds is 2. The standard InChI is InChI=1S/C15H10O3/c16-11-5-3-4-10(8-11)15-9-13(17)12-6-1-2-7-14(12)18-15/h1-9,16H/i/hD. The second-order valence-electron chi connectivity index (χ2n) is 4.00. The zero-order valence-electron chi connectivity index (χ0n) is 10.4. The molecule has 0 saturated carbocycles. The number of fused-ring (bicyclic) bond motifs is 1. The molecule has 0 aliphatic heterocycles. The summed E-state index contributed by atoms with van der Waals surface area (Å²) in [6.45, 7) is 0. The van der Waals surface area contributed by atoms with E-state index in [0.29, 0.717) is 28.0 Å². The minimum absolute atomic E-state index is 0.0888. The van der Waals surface area contributed by atoms with Gasteiger partial charge in [0.1, 0.15) is 17.1 Å². The highest BCUT2D eigenvalue weighted by Crippen LogP contribution is 2.24. The van der Waals surface area contributed by atoms with Crippen molar-refractivity contribution in [3.05, 3.63) is 64.8 Å². The summed E-state index contributed by atoms with van der Waals surface area (Å²) in [5.41, 5.74) is 1.16. The number of hydrogen-bond donors (Lipinski definition) is 1. The zero-order valence-corrected chi connectivity index (χ0v) is 9.42. The van der Waals surface area contributed by atoms with Gasteiger partial charge in [0.15, 0.2) is 5.43 Å². The van der Waals surface area contributed by atoms with Crippen molar-refractivity contribution >= 4 is 11.0 Å². The molecule has 0 radical (unpaired) electrons. The van der Waals surface area contributed by atoms with Crippen LogP contribution >= 0.6 is 0 Å². The van der Waals surface area contributed by atoms with Crippen molar-refractivity contribution in [2.75, 3.05) is 0 Å². The SMILES string of the molecule is [2H]Oc1cccc(-c2cc(=O)c3ccccc3o2)c1. The monoisotopic (exact) mass is 239 g/mol. The van der Waals surface area contributed by atoms with E-state index >= 15 is 0 Å². The van der Waals surface area contributed by atoms with Crippen molar-refractivity contribution in [2.45, 2.75) is 0 Å². The molecule has 0 atom stereocenters. The highest BCUT2D eigenvalue weighted by atomic mass is 16.3. The summed E-state index contributed by atoms with van der Waals surface area (Å²) in [6, 6.07) is 15.4. The molecule has 0 fully saturated rings. The van der Waals surface area contributed by atoms with Gasteiger partial charge in [0.05, 0.1) is 5.39 Å². The Morgan fingerprint density at radius 3 is 2.83 bits per heavy atom. The smallest absolute Gasteiger partial charge is 0.293 e. The first-order chi connectivity index (χ1) is 9.28. The van der Waals surface area contributed by atoms with Crippen LogP contribution in [0.1, 0.15) is 0 Å². The highest BCUT2D eigenvalue weighted by Gasteiger charge is 2.06. The maximum Gasteiger partial charge on any atom is 0.293 e. The maximum absolute atomic E-state index is 12.0. The summed E-state index contributed by atoms with van der Waals surface area (Å²) in [4.78, 5) is 12.0. The fourth-order valence-electron chi connectivity index (χ4n) is 1.90. The first kappa shape index (κ1) is 9.48. The van der Waals surface area contributed by atoms with Gasteiger partial charge in [-0.05, 0) is 24.3 Å². The molecule has 0 spiro atoms. The van der Waals surface area contributed by atoms with Gasteiger partial charge in [-0.15, -0.1) is 0 Å². The summed E-state index contributed by atoms with van der Waals surface area (Å²) < 4.78 is 12.6. The Morgan fingerprint density at radius 2 is 1.94 bits per heavy atom. The second kappa shape index (κ2) is 4.04. The van der Waals surface area contributed by atoms with Gasteiger partial charge in [-0.3, -0.25) is 4.79 Å². The summed E-state index contributed by atoms with van der Waals surface area (Å²) >= 11 is 0. The van der Waals surface area contributed by atoms with E-state index in [2.05, 4.69) is 5.11 Å². The Hall–Kier alpha value is -2.55.